The van der Waals surface area contributed by atoms with E-state index in [9.17, 15) is 0 Å². The molecule has 0 bridgehead atoms. The molecule has 0 saturated carbocycles. The zero-order chi connectivity index (χ0) is 16.3. The number of hydrogen-bond acceptors (Lipinski definition) is 8. The summed E-state index contributed by atoms with van der Waals surface area (Å²) in [5, 5.41) is 25.9. The molecule has 8 heteroatoms. The largest absolute Gasteiger partial charge is 0.394 e. The van der Waals surface area contributed by atoms with Crippen LogP contribution < -0.4 is 0 Å². The maximum atomic E-state index is 8.66. The molecule has 8 nitrogen and oxygen atoms in total. The van der Waals surface area contributed by atoms with Crippen LogP contribution in [-0.2, 0) is 18.9 Å². The number of ether oxygens (including phenoxy) is 4. The molecule has 0 spiro atoms. The van der Waals surface area contributed by atoms with Gasteiger partial charge in [-0.1, -0.05) is 0 Å². The van der Waals surface area contributed by atoms with E-state index in [1.54, 1.807) is 0 Å². The van der Waals surface area contributed by atoms with Gasteiger partial charge in [0.25, 0.3) is 0 Å². The third-order valence-corrected chi connectivity index (χ3v) is 2.73. The minimum absolute atomic E-state index is 0.0233. The second-order valence-electron chi connectivity index (χ2n) is 4.46. The Balaban J connectivity index is 3.66. The van der Waals surface area contributed by atoms with Crippen molar-refractivity contribution in [1.82, 2.24) is 4.90 Å². The first kappa shape index (κ1) is 21.7. The van der Waals surface area contributed by atoms with Gasteiger partial charge in [0.15, 0.2) is 0 Å². The van der Waals surface area contributed by atoms with E-state index in [0.717, 1.165) is 19.6 Å². The van der Waals surface area contributed by atoms with Crippen LogP contribution in [0.1, 0.15) is 0 Å². The Morgan fingerprint density at radius 3 is 1.14 bits per heavy atom. The van der Waals surface area contributed by atoms with Crippen LogP contribution in [0.3, 0.4) is 0 Å². The van der Waals surface area contributed by atoms with Gasteiger partial charge in [0.2, 0.25) is 0 Å². The van der Waals surface area contributed by atoms with Crippen molar-refractivity contribution >= 4 is 0 Å². The quantitative estimate of drug-likeness (QED) is 0.257. The first-order valence-electron chi connectivity index (χ1n) is 7.71. The Morgan fingerprint density at radius 2 is 0.773 bits per heavy atom. The smallest absolute Gasteiger partial charge is 0.0701 e. The number of hydrogen-bond donors (Lipinski definition) is 3. The van der Waals surface area contributed by atoms with Crippen LogP contribution in [0, 0.1) is 0 Å². The van der Waals surface area contributed by atoms with Gasteiger partial charge in [0.05, 0.1) is 72.7 Å². The molecule has 0 aliphatic carbocycles. The molecular formula is C14H31NO7. The van der Waals surface area contributed by atoms with E-state index < -0.39 is 0 Å². The van der Waals surface area contributed by atoms with E-state index in [1.165, 1.54) is 0 Å². The monoisotopic (exact) mass is 325 g/mol. The van der Waals surface area contributed by atoms with Crippen LogP contribution in [0.25, 0.3) is 0 Å². The van der Waals surface area contributed by atoms with Crippen LogP contribution in [0.5, 0.6) is 0 Å². The molecule has 0 saturated heterocycles. The van der Waals surface area contributed by atoms with Crippen molar-refractivity contribution in [1.29, 1.82) is 0 Å². The number of rotatable bonds is 18. The first-order chi connectivity index (χ1) is 10.8. The van der Waals surface area contributed by atoms with Crippen molar-refractivity contribution in [2.45, 2.75) is 0 Å². The molecular weight excluding hydrogens is 294 g/mol. The third kappa shape index (κ3) is 16.1. The molecule has 3 N–H and O–H groups in total. The lowest BCUT2D eigenvalue weighted by Gasteiger charge is -2.22. The van der Waals surface area contributed by atoms with E-state index in [-0.39, 0.29) is 19.8 Å². The topological polar surface area (TPSA) is 101 Å². The van der Waals surface area contributed by atoms with Crippen molar-refractivity contribution in [2.24, 2.45) is 0 Å². The maximum Gasteiger partial charge on any atom is 0.0701 e. The fourth-order valence-electron chi connectivity index (χ4n) is 1.64. The SMILES string of the molecule is OCCOCCOCCN(CCOCCO)CCOCCO. The summed E-state index contributed by atoms with van der Waals surface area (Å²) in [6, 6.07) is 0. The highest BCUT2D eigenvalue weighted by molar-refractivity contribution is 4.57. The highest BCUT2D eigenvalue weighted by Crippen LogP contribution is 1.91. The molecule has 0 aromatic heterocycles. The van der Waals surface area contributed by atoms with Crippen LogP contribution in [0.2, 0.25) is 0 Å². The van der Waals surface area contributed by atoms with Gasteiger partial charge < -0.3 is 34.3 Å². The second-order valence-corrected chi connectivity index (χ2v) is 4.46. The molecule has 0 atom stereocenters. The van der Waals surface area contributed by atoms with E-state index in [4.69, 9.17) is 34.3 Å². The normalized spacial score (nSPS) is 11.5. The fraction of sp³-hybridized carbons (Fsp3) is 1.00. The van der Waals surface area contributed by atoms with Crippen LogP contribution in [-0.4, -0.2) is 113 Å². The molecule has 0 fully saturated rings. The minimum atomic E-state index is 0.0233. The number of nitrogens with zero attached hydrogens (tertiary/aromatic N) is 1. The van der Waals surface area contributed by atoms with Crippen molar-refractivity contribution in [2.75, 3.05) is 92.3 Å². The summed E-state index contributed by atoms with van der Waals surface area (Å²) in [4.78, 5) is 2.14. The van der Waals surface area contributed by atoms with Gasteiger partial charge in [-0.2, -0.15) is 0 Å². The Morgan fingerprint density at radius 1 is 0.455 bits per heavy atom. The molecule has 0 amide bonds. The highest BCUT2D eigenvalue weighted by atomic mass is 16.5. The minimum Gasteiger partial charge on any atom is -0.394 e. The molecule has 0 aromatic carbocycles. The zero-order valence-corrected chi connectivity index (χ0v) is 13.3. The highest BCUT2D eigenvalue weighted by Gasteiger charge is 2.05. The van der Waals surface area contributed by atoms with Crippen molar-refractivity contribution in [3.63, 3.8) is 0 Å². The van der Waals surface area contributed by atoms with Crippen LogP contribution in [0.15, 0.2) is 0 Å². The molecule has 0 radical (unpaired) electrons. The van der Waals surface area contributed by atoms with Gasteiger partial charge in [0.1, 0.15) is 0 Å². The molecule has 0 heterocycles. The fourth-order valence-corrected chi connectivity index (χ4v) is 1.64. The Bertz CT molecular complexity index is 198. The van der Waals surface area contributed by atoms with Crippen LogP contribution >= 0.6 is 0 Å². The number of aliphatic hydroxyl groups is 3. The van der Waals surface area contributed by atoms with Crippen molar-refractivity contribution < 1.29 is 34.3 Å². The summed E-state index contributed by atoms with van der Waals surface area (Å²) in [5.41, 5.74) is 0. The first-order valence-corrected chi connectivity index (χ1v) is 7.71. The average molecular weight is 325 g/mol. The molecule has 134 valence electrons. The van der Waals surface area contributed by atoms with Gasteiger partial charge in [-0.25, -0.2) is 0 Å². The summed E-state index contributed by atoms with van der Waals surface area (Å²) in [6.07, 6.45) is 0. The van der Waals surface area contributed by atoms with E-state index in [1.807, 2.05) is 0 Å². The van der Waals surface area contributed by atoms with E-state index in [0.29, 0.717) is 52.9 Å². The van der Waals surface area contributed by atoms with E-state index >= 15 is 0 Å². The lowest BCUT2D eigenvalue weighted by Crippen LogP contribution is -2.34. The van der Waals surface area contributed by atoms with E-state index in [2.05, 4.69) is 4.90 Å². The van der Waals surface area contributed by atoms with Crippen LogP contribution in [0.4, 0.5) is 0 Å². The third-order valence-electron chi connectivity index (χ3n) is 2.73. The summed E-state index contributed by atoms with van der Waals surface area (Å²) < 4.78 is 21.1. The summed E-state index contributed by atoms with van der Waals surface area (Å²) >= 11 is 0. The summed E-state index contributed by atoms with van der Waals surface area (Å²) in [5.74, 6) is 0. The van der Waals surface area contributed by atoms with Crippen molar-refractivity contribution in [3.8, 4) is 0 Å². The number of aliphatic hydroxyl groups excluding tert-OH is 3. The molecule has 0 aromatic rings. The van der Waals surface area contributed by atoms with Gasteiger partial charge in [-0.05, 0) is 0 Å². The average Bonchev–Trinajstić information content (AvgIpc) is 2.53. The maximum absolute atomic E-state index is 8.66. The summed E-state index contributed by atoms with van der Waals surface area (Å²) in [6.45, 7) is 5.91. The van der Waals surface area contributed by atoms with Crippen molar-refractivity contribution in [3.05, 3.63) is 0 Å². The predicted octanol–water partition coefficient (Wildman–Crippen LogP) is -1.67. The summed E-state index contributed by atoms with van der Waals surface area (Å²) in [7, 11) is 0. The van der Waals surface area contributed by atoms with Gasteiger partial charge in [0, 0.05) is 19.6 Å². The molecule has 0 rings (SSSR count). The lowest BCUT2D eigenvalue weighted by molar-refractivity contribution is 0.0153. The Kier molecular flexibility index (Phi) is 18.5. The molecule has 22 heavy (non-hydrogen) atoms. The Hall–Kier alpha value is -0.320. The predicted molar refractivity (Wildman–Crippen MR) is 81.0 cm³/mol. The van der Waals surface area contributed by atoms with Gasteiger partial charge >= 0.3 is 0 Å². The molecule has 0 unspecified atom stereocenters. The Labute approximate surface area is 132 Å². The van der Waals surface area contributed by atoms with Gasteiger partial charge in [-0.3, -0.25) is 4.90 Å². The molecule has 0 aliphatic rings. The zero-order valence-electron chi connectivity index (χ0n) is 13.3. The lowest BCUT2D eigenvalue weighted by atomic mass is 10.4. The van der Waals surface area contributed by atoms with Gasteiger partial charge in [-0.15, -0.1) is 0 Å². The molecule has 0 aliphatic heterocycles. The second kappa shape index (κ2) is 18.7. The standard InChI is InChI=1S/C14H31NO7/c16-4-10-19-7-1-15(2-8-20-11-5-17)3-9-21-13-14-22-12-6-18/h16-18H,1-14H2.